The molecule has 1 N–H and O–H groups in total. The molecule has 0 saturated heterocycles. The molecule has 1 aliphatic rings. The number of benzene rings is 1. The number of hydrogen-bond acceptors (Lipinski definition) is 2. The van der Waals surface area contributed by atoms with Crippen LogP contribution in [0.2, 0.25) is 0 Å². The molecule has 3 nitrogen and oxygen atoms in total. The number of aromatic nitrogens is 2. The van der Waals surface area contributed by atoms with Gasteiger partial charge in [-0.1, -0.05) is 6.42 Å². The van der Waals surface area contributed by atoms with Crippen molar-refractivity contribution >= 4 is 15.9 Å². The van der Waals surface area contributed by atoms with Gasteiger partial charge in [0.25, 0.3) is 5.56 Å². The molecule has 1 aromatic carbocycles. The highest BCUT2D eigenvalue weighted by Crippen LogP contribution is 2.23. The van der Waals surface area contributed by atoms with Crippen LogP contribution in [0.1, 0.15) is 30.5 Å². The molecule has 0 fully saturated rings. The fourth-order valence-electron chi connectivity index (χ4n) is 2.56. The highest BCUT2D eigenvalue weighted by molar-refractivity contribution is 9.10. The molecule has 1 aliphatic carbocycles. The zero-order valence-corrected chi connectivity index (χ0v) is 12.5. The number of rotatable bonds is 1. The van der Waals surface area contributed by atoms with E-state index in [1.165, 1.54) is 6.07 Å². The SMILES string of the molecule is O=c1[nH]c(-c2ccc(Br)c(F)c2)nc2c1CCCCC2. The monoisotopic (exact) mass is 336 g/mol. The minimum Gasteiger partial charge on any atom is -0.306 e. The van der Waals surface area contributed by atoms with E-state index in [9.17, 15) is 9.18 Å². The molecule has 0 spiro atoms. The van der Waals surface area contributed by atoms with Crippen molar-refractivity contribution in [2.75, 3.05) is 0 Å². The summed E-state index contributed by atoms with van der Waals surface area (Å²) in [5.41, 5.74) is 2.17. The molecule has 0 unspecified atom stereocenters. The summed E-state index contributed by atoms with van der Waals surface area (Å²) in [6.45, 7) is 0. The number of hydrogen-bond donors (Lipinski definition) is 1. The molecule has 5 heteroatoms. The fourth-order valence-corrected chi connectivity index (χ4v) is 2.81. The largest absolute Gasteiger partial charge is 0.306 e. The second-order valence-electron chi connectivity index (χ2n) is 5.03. The van der Waals surface area contributed by atoms with Gasteiger partial charge in [0, 0.05) is 11.1 Å². The van der Waals surface area contributed by atoms with Crippen LogP contribution in [0, 0.1) is 5.82 Å². The van der Waals surface area contributed by atoms with Crippen LogP contribution < -0.4 is 5.56 Å². The van der Waals surface area contributed by atoms with E-state index in [-0.39, 0.29) is 11.4 Å². The van der Waals surface area contributed by atoms with E-state index in [0.29, 0.717) is 15.9 Å². The van der Waals surface area contributed by atoms with Crippen LogP contribution in [0.4, 0.5) is 4.39 Å². The number of fused-ring (bicyclic) bond motifs is 1. The maximum atomic E-state index is 13.6. The first-order valence-corrected chi connectivity index (χ1v) is 7.52. The topological polar surface area (TPSA) is 45.8 Å². The van der Waals surface area contributed by atoms with Crippen LogP contribution >= 0.6 is 15.9 Å². The van der Waals surface area contributed by atoms with Gasteiger partial charge in [0.15, 0.2) is 0 Å². The summed E-state index contributed by atoms with van der Waals surface area (Å²) >= 11 is 3.12. The van der Waals surface area contributed by atoms with Crippen molar-refractivity contribution in [1.82, 2.24) is 9.97 Å². The average Bonchev–Trinajstić information content (AvgIpc) is 2.67. The first-order chi connectivity index (χ1) is 9.65. The zero-order chi connectivity index (χ0) is 14.1. The van der Waals surface area contributed by atoms with Crippen LogP contribution in [0.15, 0.2) is 27.5 Å². The van der Waals surface area contributed by atoms with Crippen LogP contribution in [0.25, 0.3) is 11.4 Å². The molecule has 0 saturated carbocycles. The number of nitrogens with one attached hydrogen (secondary N) is 1. The number of H-pyrrole nitrogens is 1. The van der Waals surface area contributed by atoms with Crippen molar-refractivity contribution in [3.05, 3.63) is 50.1 Å². The smallest absolute Gasteiger partial charge is 0.254 e. The van der Waals surface area contributed by atoms with Gasteiger partial charge in [0.2, 0.25) is 0 Å². The van der Waals surface area contributed by atoms with Crippen molar-refractivity contribution in [1.29, 1.82) is 0 Å². The van der Waals surface area contributed by atoms with Crippen LogP contribution in [-0.4, -0.2) is 9.97 Å². The Hall–Kier alpha value is -1.49. The first-order valence-electron chi connectivity index (χ1n) is 6.72. The lowest BCUT2D eigenvalue weighted by Crippen LogP contribution is -2.18. The van der Waals surface area contributed by atoms with Gasteiger partial charge in [-0.3, -0.25) is 4.79 Å². The van der Waals surface area contributed by atoms with Crippen molar-refractivity contribution in [3.8, 4) is 11.4 Å². The third-order valence-electron chi connectivity index (χ3n) is 3.63. The molecule has 20 heavy (non-hydrogen) atoms. The fraction of sp³-hybridized carbons (Fsp3) is 0.333. The summed E-state index contributed by atoms with van der Waals surface area (Å²) in [6.07, 6.45) is 4.82. The second-order valence-corrected chi connectivity index (χ2v) is 5.88. The van der Waals surface area contributed by atoms with Crippen LogP contribution in [0.5, 0.6) is 0 Å². The van der Waals surface area contributed by atoms with E-state index >= 15 is 0 Å². The molecule has 104 valence electrons. The van der Waals surface area contributed by atoms with Gasteiger partial charge in [0.1, 0.15) is 11.6 Å². The minimum absolute atomic E-state index is 0.0878. The Labute approximate surface area is 124 Å². The summed E-state index contributed by atoms with van der Waals surface area (Å²) in [4.78, 5) is 19.5. The summed E-state index contributed by atoms with van der Waals surface area (Å²) in [5, 5.41) is 0. The van der Waals surface area contributed by atoms with Gasteiger partial charge < -0.3 is 4.98 Å². The lowest BCUT2D eigenvalue weighted by molar-refractivity contribution is 0.621. The van der Waals surface area contributed by atoms with E-state index < -0.39 is 0 Å². The van der Waals surface area contributed by atoms with Gasteiger partial charge in [0.05, 0.1) is 10.2 Å². The Kier molecular flexibility index (Phi) is 3.70. The van der Waals surface area contributed by atoms with Gasteiger partial charge in [-0.05, 0) is 59.8 Å². The van der Waals surface area contributed by atoms with Crippen molar-refractivity contribution in [2.24, 2.45) is 0 Å². The summed E-state index contributed by atoms with van der Waals surface area (Å²) in [6, 6.07) is 4.75. The second kappa shape index (κ2) is 5.48. The van der Waals surface area contributed by atoms with Crippen molar-refractivity contribution < 1.29 is 4.39 Å². The summed E-state index contributed by atoms with van der Waals surface area (Å²) in [7, 11) is 0. The first kappa shape index (κ1) is 13.5. The van der Waals surface area contributed by atoms with Gasteiger partial charge in [-0.25, -0.2) is 9.37 Å². The molecule has 2 aromatic rings. The molecule has 0 aliphatic heterocycles. The Morgan fingerprint density at radius 2 is 2.00 bits per heavy atom. The van der Waals surface area contributed by atoms with Gasteiger partial charge >= 0.3 is 0 Å². The van der Waals surface area contributed by atoms with Crippen molar-refractivity contribution in [3.63, 3.8) is 0 Å². The molecular formula is C15H14BrFN2O. The van der Waals surface area contributed by atoms with Gasteiger partial charge in [-0.2, -0.15) is 0 Å². The molecule has 0 bridgehead atoms. The van der Waals surface area contributed by atoms with E-state index in [1.807, 2.05) is 0 Å². The van der Waals surface area contributed by atoms with E-state index in [4.69, 9.17) is 0 Å². The summed E-state index contributed by atoms with van der Waals surface area (Å²) in [5.74, 6) is 0.0853. The zero-order valence-electron chi connectivity index (χ0n) is 10.9. The maximum Gasteiger partial charge on any atom is 0.254 e. The van der Waals surface area contributed by atoms with E-state index in [1.54, 1.807) is 12.1 Å². The Bertz CT molecular complexity index is 712. The molecule has 1 heterocycles. The quantitative estimate of drug-likeness (QED) is 0.808. The standard InChI is InChI=1S/C15H14BrFN2O/c16-11-7-6-9(8-12(11)17)14-18-13-5-3-1-2-4-10(13)15(20)19-14/h6-8H,1-5H2,(H,18,19,20). The molecule has 0 atom stereocenters. The molecular weight excluding hydrogens is 323 g/mol. The Morgan fingerprint density at radius 3 is 2.80 bits per heavy atom. The summed E-state index contributed by atoms with van der Waals surface area (Å²) < 4.78 is 14.0. The predicted octanol–water partition coefficient (Wildman–Crippen LogP) is 3.61. The number of halogens is 2. The normalized spacial score (nSPS) is 14.7. The lowest BCUT2D eigenvalue weighted by Gasteiger charge is -2.08. The number of aryl methyl sites for hydroxylation is 1. The van der Waals surface area contributed by atoms with Crippen LogP contribution in [0.3, 0.4) is 0 Å². The van der Waals surface area contributed by atoms with Crippen molar-refractivity contribution in [2.45, 2.75) is 32.1 Å². The van der Waals surface area contributed by atoms with Gasteiger partial charge in [-0.15, -0.1) is 0 Å². The number of aromatic amines is 1. The minimum atomic E-state index is -0.361. The van der Waals surface area contributed by atoms with E-state index in [2.05, 4.69) is 25.9 Å². The highest BCUT2D eigenvalue weighted by Gasteiger charge is 2.15. The number of nitrogens with zero attached hydrogens (tertiary/aromatic N) is 1. The van der Waals surface area contributed by atoms with Crippen LogP contribution in [-0.2, 0) is 12.8 Å². The Morgan fingerprint density at radius 1 is 1.20 bits per heavy atom. The third-order valence-corrected chi connectivity index (χ3v) is 4.28. The third kappa shape index (κ3) is 2.54. The molecule has 0 radical (unpaired) electrons. The molecule has 3 rings (SSSR count). The average molecular weight is 337 g/mol. The predicted molar refractivity (Wildman–Crippen MR) is 79.2 cm³/mol. The Balaban J connectivity index is 2.10. The lowest BCUT2D eigenvalue weighted by atomic mass is 10.1. The maximum absolute atomic E-state index is 13.6. The van der Waals surface area contributed by atoms with E-state index in [0.717, 1.165) is 43.4 Å². The molecule has 1 aromatic heterocycles. The molecule has 0 amide bonds. The highest BCUT2D eigenvalue weighted by atomic mass is 79.9.